The SMILES string of the molecule is CC(C)CC(=O)Nc1cncc(-c2cnc3c(c2F)C(c2nc4c(-c5cccs5)nccc4[nH]2)=NNC3)c1. The van der Waals surface area contributed by atoms with Crippen molar-refractivity contribution in [3.05, 3.63) is 77.3 Å². The van der Waals surface area contributed by atoms with Gasteiger partial charge in [-0.05, 0) is 29.5 Å². The quantitative estimate of drug-likeness (QED) is 0.282. The van der Waals surface area contributed by atoms with Gasteiger partial charge in [0.25, 0.3) is 0 Å². The molecule has 0 radical (unpaired) electrons. The Labute approximate surface area is 221 Å². The van der Waals surface area contributed by atoms with Crippen LogP contribution in [0.5, 0.6) is 0 Å². The van der Waals surface area contributed by atoms with Gasteiger partial charge >= 0.3 is 0 Å². The Bertz CT molecular complexity index is 1690. The maximum absolute atomic E-state index is 16.2. The third-order valence-electron chi connectivity index (χ3n) is 6.07. The predicted octanol–water partition coefficient (Wildman–Crippen LogP) is 5.12. The number of nitrogens with one attached hydrogen (secondary N) is 3. The summed E-state index contributed by atoms with van der Waals surface area (Å²) in [4.78, 5) is 34.5. The maximum Gasteiger partial charge on any atom is 0.224 e. The number of hydrogen-bond donors (Lipinski definition) is 3. The predicted molar refractivity (Wildman–Crippen MR) is 145 cm³/mol. The first-order valence-electron chi connectivity index (χ1n) is 12.1. The van der Waals surface area contributed by atoms with Gasteiger partial charge in [0.1, 0.15) is 22.7 Å². The smallest absolute Gasteiger partial charge is 0.224 e. The molecule has 0 atom stereocenters. The van der Waals surface area contributed by atoms with Gasteiger partial charge in [-0.25, -0.2) is 9.37 Å². The van der Waals surface area contributed by atoms with E-state index in [-0.39, 0.29) is 29.5 Å². The van der Waals surface area contributed by atoms with Crippen LogP contribution in [0.25, 0.3) is 32.7 Å². The average Bonchev–Trinajstić information content (AvgIpc) is 3.58. The third kappa shape index (κ3) is 4.41. The first kappa shape index (κ1) is 23.9. The summed E-state index contributed by atoms with van der Waals surface area (Å²) >= 11 is 1.57. The number of H-pyrrole nitrogens is 1. The number of fused-ring (bicyclic) bond motifs is 2. The van der Waals surface area contributed by atoms with Crippen molar-refractivity contribution in [2.75, 3.05) is 5.32 Å². The van der Waals surface area contributed by atoms with Crippen LogP contribution in [-0.4, -0.2) is 36.5 Å². The van der Waals surface area contributed by atoms with Crippen molar-refractivity contribution >= 4 is 39.7 Å². The molecule has 1 amide bonds. The second-order valence-corrected chi connectivity index (χ2v) is 10.3. The summed E-state index contributed by atoms with van der Waals surface area (Å²) in [5, 5.41) is 9.23. The van der Waals surface area contributed by atoms with Crippen molar-refractivity contribution in [3.63, 3.8) is 0 Å². The third-order valence-corrected chi connectivity index (χ3v) is 6.95. The van der Waals surface area contributed by atoms with Crippen LogP contribution in [0.15, 0.2) is 59.5 Å². The summed E-state index contributed by atoms with van der Waals surface area (Å²) in [6.45, 7) is 4.22. The number of amides is 1. The van der Waals surface area contributed by atoms with Crippen molar-refractivity contribution < 1.29 is 9.18 Å². The van der Waals surface area contributed by atoms with E-state index in [0.29, 0.717) is 40.4 Å². The summed E-state index contributed by atoms with van der Waals surface area (Å²) in [7, 11) is 0. The Morgan fingerprint density at radius 3 is 2.92 bits per heavy atom. The molecule has 1 aliphatic rings. The Kier molecular flexibility index (Phi) is 6.12. The number of carbonyl (C=O) groups excluding carboxylic acids is 1. The molecule has 0 aromatic carbocycles. The summed E-state index contributed by atoms with van der Waals surface area (Å²) in [5.74, 6) is 0.0182. The van der Waals surface area contributed by atoms with E-state index < -0.39 is 5.82 Å². The number of aromatic amines is 1. The number of pyridine rings is 3. The second kappa shape index (κ2) is 9.75. The maximum atomic E-state index is 16.2. The molecule has 0 unspecified atom stereocenters. The van der Waals surface area contributed by atoms with Gasteiger partial charge in [0.05, 0.1) is 40.1 Å². The number of aromatic nitrogens is 5. The molecule has 5 aromatic rings. The highest BCUT2D eigenvalue weighted by Gasteiger charge is 2.27. The van der Waals surface area contributed by atoms with Crippen molar-refractivity contribution in [2.45, 2.75) is 26.8 Å². The summed E-state index contributed by atoms with van der Waals surface area (Å²) < 4.78 is 16.2. The van der Waals surface area contributed by atoms with E-state index in [1.54, 1.807) is 29.8 Å². The standard InChI is InChI=1S/C27H23FN8OS/c1-14(2)8-21(37)33-16-9-15(10-29-11-16)17-12-31-19-13-32-36-26(22(19)23(17)28)27-34-18-5-6-30-25(24(18)35-27)20-4-3-7-38-20/h3-7,9-12,14,32H,8,13H2,1-2H3,(H,33,37)(H,34,35). The molecule has 0 saturated heterocycles. The van der Waals surface area contributed by atoms with Crippen molar-refractivity contribution in [1.29, 1.82) is 0 Å². The lowest BCUT2D eigenvalue weighted by atomic mass is 9.99. The molecule has 190 valence electrons. The zero-order valence-corrected chi connectivity index (χ0v) is 21.4. The topological polar surface area (TPSA) is 121 Å². The molecule has 5 aromatic heterocycles. The normalized spacial score (nSPS) is 12.8. The fourth-order valence-electron chi connectivity index (χ4n) is 4.40. The lowest BCUT2D eigenvalue weighted by molar-refractivity contribution is -0.116. The number of hydrogen-bond acceptors (Lipinski definition) is 8. The largest absolute Gasteiger partial charge is 0.336 e. The van der Waals surface area contributed by atoms with Crippen LogP contribution in [0.1, 0.15) is 37.4 Å². The molecule has 0 aliphatic carbocycles. The molecule has 9 nitrogen and oxygen atoms in total. The van der Waals surface area contributed by atoms with E-state index in [4.69, 9.17) is 4.98 Å². The van der Waals surface area contributed by atoms with Crippen LogP contribution < -0.4 is 10.7 Å². The van der Waals surface area contributed by atoms with E-state index in [1.807, 2.05) is 37.4 Å². The molecule has 0 saturated carbocycles. The number of rotatable bonds is 6. The molecule has 0 spiro atoms. The van der Waals surface area contributed by atoms with Gasteiger partial charge in [-0.15, -0.1) is 11.3 Å². The lowest BCUT2D eigenvalue weighted by Crippen LogP contribution is -2.25. The van der Waals surface area contributed by atoms with Crippen molar-refractivity contribution in [2.24, 2.45) is 11.0 Å². The molecule has 11 heteroatoms. The Morgan fingerprint density at radius 2 is 2.11 bits per heavy atom. The minimum absolute atomic E-state index is 0.121. The number of carbonyl (C=O) groups is 1. The molecule has 38 heavy (non-hydrogen) atoms. The number of anilines is 1. The van der Waals surface area contributed by atoms with E-state index >= 15 is 4.39 Å². The van der Waals surface area contributed by atoms with Crippen LogP contribution in [0.3, 0.4) is 0 Å². The molecular formula is C27H23FN8OS. The second-order valence-electron chi connectivity index (χ2n) is 9.33. The van der Waals surface area contributed by atoms with Gasteiger partial charge in [0.2, 0.25) is 5.91 Å². The van der Waals surface area contributed by atoms with Crippen LogP contribution >= 0.6 is 11.3 Å². The van der Waals surface area contributed by atoms with Gasteiger partial charge in [0, 0.05) is 36.1 Å². The molecule has 3 N–H and O–H groups in total. The fourth-order valence-corrected chi connectivity index (χ4v) is 5.12. The number of halogens is 1. The summed E-state index contributed by atoms with van der Waals surface area (Å²) in [6.07, 6.45) is 6.66. The molecule has 6 rings (SSSR count). The minimum atomic E-state index is -0.486. The molecule has 6 heterocycles. The van der Waals surface area contributed by atoms with E-state index in [2.05, 4.69) is 35.8 Å². The monoisotopic (exact) mass is 526 g/mol. The van der Waals surface area contributed by atoms with Gasteiger partial charge in [-0.1, -0.05) is 19.9 Å². The van der Waals surface area contributed by atoms with Gasteiger partial charge in [-0.2, -0.15) is 5.10 Å². The highest BCUT2D eigenvalue weighted by molar-refractivity contribution is 7.13. The van der Waals surface area contributed by atoms with Crippen molar-refractivity contribution in [1.82, 2.24) is 30.3 Å². The van der Waals surface area contributed by atoms with Crippen LogP contribution in [0, 0.1) is 11.7 Å². The van der Waals surface area contributed by atoms with Crippen LogP contribution in [0.4, 0.5) is 10.1 Å². The minimum Gasteiger partial charge on any atom is -0.336 e. The number of imidazole rings is 1. The van der Waals surface area contributed by atoms with Gasteiger partial charge in [0.15, 0.2) is 5.82 Å². The van der Waals surface area contributed by atoms with Gasteiger partial charge in [-0.3, -0.25) is 19.7 Å². The lowest BCUT2D eigenvalue weighted by Gasteiger charge is -2.18. The number of thiophene rings is 1. The highest BCUT2D eigenvalue weighted by atomic mass is 32.1. The zero-order valence-electron chi connectivity index (χ0n) is 20.6. The average molecular weight is 527 g/mol. The fraction of sp³-hybridized carbons (Fsp3) is 0.185. The summed E-state index contributed by atoms with van der Waals surface area (Å²) in [6, 6.07) is 7.47. The summed E-state index contributed by atoms with van der Waals surface area (Å²) in [5.41, 5.74) is 7.47. The first-order valence-corrected chi connectivity index (χ1v) is 13.0. The number of nitrogens with zero attached hydrogens (tertiary/aromatic N) is 5. The van der Waals surface area contributed by atoms with Gasteiger partial charge < -0.3 is 15.7 Å². The highest BCUT2D eigenvalue weighted by Crippen LogP contribution is 2.32. The zero-order chi connectivity index (χ0) is 26.2. The van der Waals surface area contributed by atoms with Crippen LogP contribution in [-0.2, 0) is 11.3 Å². The van der Waals surface area contributed by atoms with E-state index in [0.717, 1.165) is 16.1 Å². The molecule has 0 fully saturated rings. The first-order chi connectivity index (χ1) is 18.5. The Morgan fingerprint density at radius 1 is 1.21 bits per heavy atom. The number of hydrazone groups is 1. The van der Waals surface area contributed by atoms with E-state index in [1.165, 1.54) is 12.4 Å². The molecule has 1 aliphatic heterocycles. The molecule has 0 bridgehead atoms. The Hall–Kier alpha value is -4.51. The molecular weight excluding hydrogens is 503 g/mol. The Balaban J connectivity index is 1.40. The van der Waals surface area contributed by atoms with Crippen molar-refractivity contribution in [3.8, 4) is 21.7 Å². The van der Waals surface area contributed by atoms with Crippen LogP contribution in [0.2, 0.25) is 0 Å². The van der Waals surface area contributed by atoms with E-state index in [9.17, 15) is 4.79 Å².